The van der Waals surface area contributed by atoms with E-state index in [1.54, 1.807) is 43.5 Å². The first-order valence-corrected chi connectivity index (χ1v) is 9.94. The van der Waals surface area contributed by atoms with Crippen LogP contribution in [-0.4, -0.2) is 43.7 Å². The molecule has 144 valence electrons. The quantitative estimate of drug-likeness (QED) is 0.710. The Hall–Kier alpha value is -3.00. The molecule has 0 radical (unpaired) electrons. The first kappa shape index (κ1) is 18.4. The van der Waals surface area contributed by atoms with E-state index in [-0.39, 0.29) is 17.9 Å². The lowest BCUT2D eigenvalue weighted by Crippen LogP contribution is -2.57. The van der Waals surface area contributed by atoms with Gasteiger partial charge in [0, 0.05) is 31.1 Å². The number of carbonyl (C=O) groups excluding carboxylic acids is 2. The summed E-state index contributed by atoms with van der Waals surface area (Å²) in [6, 6.07) is 7.02. The summed E-state index contributed by atoms with van der Waals surface area (Å²) in [6.07, 6.45) is 5.81. The van der Waals surface area contributed by atoms with Gasteiger partial charge >= 0.3 is 0 Å². The van der Waals surface area contributed by atoms with Crippen LogP contribution in [0.4, 0.5) is 0 Å². The third-order valence-electron chi connectivity index (χ3n) is 4.89. The number of nitrogens with zero attached hydrogens (tertiary/aromatic N) is 3. The largest absolute Gasteiger partial charge is 0.348 e. The second-order valence-electron chi connectivity index (χ2n) is 7.26. The fourth-order valence-corrected chi connectivity index (χ4v) is 4.16. The van der Waals surface area contributed by atoms with Crippen molar-refractivity contribution in [1.82, 2.24) is 25.2 Å². The van der Waals surface area contributed by atoms with Crippen LogP contribution in [-0.2, 0) is 11.2 Å². The van der Waals surface area contributed by atoms with Gasteiger partial charge in [-0.05, 0) is 36.9 Å². The fourth-order valence-electron chi connectivity index (χ4n) is 3.54. The molecule has 2 N–H and O–H groups in total. The lowest BCUT2D eigenvalue weighted by Gasteiger charge is -2.39. The minimum atomic E-state index is -1.06. The van der Waals surface area contributed by atoms with Crippen molar-refractivity contribution in [3.63, 3.8) is 0 Å². The van der Waals surface area contributed by atoms with Gasteiger partial charge < -0.3 is 15.2 Å². The zero-order chi connectivity index (χ0) is 19.7. The van der Waals surface area contributed by atoms with E-state index in [2.05, 4.69) is 20.3 Å². The number of fused-ring (bicyclic) bond motifs is 1. The highest BCUT2D eigenvalue weighted by atomic mass is 32.1. The number of aromatic nitrogens is 3. The molecular weight excluding hydrogens is 374 g/mol. The summed E-state index contributed by atoms with van der Waals surface area (Å²) >= 11 is 1.35. The maximum atomic E-state index is 13.5. The van der Waals surface area contributed by atoms with Crippen molar-refractivity contribution in [1.29, 1.82) is 0 Å². The molecule has 0 saturated heterocycles. The molecule has 3 aromatic rings. The van der Waals surface area contributed by atoms with Crippen molar-refractivity contribution in [3.05, 3.63) is 70.2 Å². The third kappa shape index (κ3) is 3.31. The number of thiophene rings is 1. The van der Waals surface area contributed by atoms with E-state index in [1.165, 1.54) is 11.3 Å². The average molecular weight is 395 g/mol. The van der Waals surface area contributed by atoms with Crippen LogP contribution in [0, 0.1) is 0 Å². The Balaban J connectivity index is 1.64. The summed E-state index contributed by atoms with van der Waals surface area (Å²) in [5.74, 6) is -0.399. The number of rotatable bonds is 4. The first-order chi connectivity index (χ1) is 13.5. The Bertz CT molecular complexity index is 981. The Morgan fingerprint density at radius 3 is 2.89 bits per heavy atom. The van der Waals surface area contributed by atoms with Gasteiger partial charge in [0.15, 0.2) is 0 Å². The third-order valence-corrected chi connectivity index (χ3v) is 5.76. The van der Waals surface area contributed by atoms with Crippen molar-refractivity contribution >= 4 is 23.2 Å². The highest BCUT2D eigenvalue weighted by Crippen LogP contribution is 2.34. The van der Waals surface area contributed by atoms with Crippen LogP contribution in [0.2, 0.25) is 0 Å². The molecular formula is C20H21N5O2S. The van der Waals surface area contributed by atoms with Crippen LogP contribution in [0.15, 0.2) is 48.4 Å². The molecule has 7 nitrogen and oxygen atoms in total. The maximum absolute atomic E-state index is 13.5. The van der Waals surface area contributed by atoms with Crippen LogP contribution >= 0.6 is 11.3 Å². The number of imidazole rings is 1. The fraction of sp³-hybridized carbons (Fsp3) is 0.300. The SMILES string of the molecule is CC(C)(NC(=O)c1cccs1)C(=O)N1CCc2[nH]cnc2C1c1cccnc1. The molecule has 0 bridgehead atoms. The van der Waals surface area contributed by atoms with Gasteiger partial charge in [0.05, 0.1) is 16.9 Å². The monoisotopic (exact) mass is 395 g/mol. The van der Waals surface area contributed by atoms with E-state index in [9.17, 15) is 9.59 Å². The van der Waals surface area contributed by atoms with Crippen LogP contribution in [0.25, 0.3) is 0 Å². The predicted octanol–water partition coefficient (Wildman–Crippen LogP) is 2.55. The second-order valence-corrected chi connectivity index (χ2v) is 8.21. The van der Waals surface area contributed by atoms with E-state index < -0.39 is 5.54 Å². The van der Waals surface area contributed by atoms with Gasteiger partial charge in [0.2, 0.25) is 5.91 Å². The van der Waals surface area contributed by atoms with Gasteiger partial charge in [0.1, 0.15) is 11.6 Å². The summed E-state index contributed by atoms with van der Waals surface area (Å²) in [4.78, 5) is 40.2. The Morgan fingerprint density at radius 2 is 2.18 bits per heavy atom. The van der Waals surface area contributed by atoms with Crippen molar-refractivity contribution in [3.8, 4) is 0 Å². The molecule has 0 fully saturated rings. The van der Waals surface area contributed by atoms with E-state index in [0.29, 0.717) is 17.8 Å². The first-order valence-electron chi connectivity index (χ1n) is 9.06. The molecule has 0 aliphatic carbocycles. The lowest BCUT2D eigenvalue weighted by atomic mass is 9.93. The highest BCUT2D eigenvalue weighted by Gasteiger charge is 2.41. The van der Waals surface area contributed by atoms with Crippen LogP contribution in [0.3, 0.4) is 0 Å². The lowest BCUT2D eigenvalue weighted by molar-refractivity contribution is -0.139. The molecule has 1 unspecified atom stereocenters. The van der Waals surface area contributed by atoms with Gasteiger partial charge in [-0.15, -0.1) is 11.3 Å². The van der Waals surface area contributed by atoms with Gasteiger partial charge in [-0.25, -0.2) is 4.98 Å². The molecule has 28 heavy (non-hydrogen) atoms. The normalized spacial score (nSPS) is 16.5. The van der Waals surface area contributed by atoms with E-state index in [1.807, 2.05) is 23.6 Å². The summed E-state index contributed by atoms with van der Waals surface area (Å²) in [6.45, 7) is 4.01. The molecule has 4 rings (SSSR count). The average Bonchev–Trinajstić information content (AvgIpc) is 3.38. The molecule has 0 saturated carbocycles. The van der Waals surface area contributed by atoms with Gasteiger partial charge in [-0.1, -0.05) is 12.1 Å². The highest BCUT2D eigenvalue weighted by molar-refractivity contribution is 7.12. The summed E-state index contributed by atoms with van der Waals surface area (Å²) < 4.78 is 0. The van der Waals surface area contributed by atoms with E-state index >= 15 is 0 Å². The number of nitrogens with one attached hydrogen (secondary N) is 2. The predicted molar refractivity (Wildman–Crippen MR) is 106 cm³/mol. The van der Waals surface area contributed by atoms with Crippen molar-refractivity contribution in [2.45, 2.75) is 31.8 Å². The zero-order valence-corrected chi connectivity index (χ0v) is 16.5. The molecule has 4 heterocycles. The van der Waals surface area contributed by atoms with Crippen molar-refractivity contribution < 1.29 is 9.59 Å². The minimum Gasteiger partial charge on any atom is -0.348 e. The number of hydrogen-bond acceptors (Lipinski definition) is 5. The van der Waals surface area contributed by atoms with Gasteiger partial charge in [0.25, 0.3) is 5.91 Å². The number of amides is 2. The number of pyridine rings is 1. The smallest absolute Gasteiger partial charge is 0.262 e. The van der Waals surface area contributed by atoms with Crippen molar-refractivity contribution in [2.24, 2.45) is 0 Å². The zero-order valence-electron chi connectivity index (χ0n) is 15.7. The Morgan fingerprint density at radius 1 is 1.32 bits per heavy atom. The Kier molecular flexibility index (Phi) is 4.72. The van der Waals surface area contributed by atoms with Crippen LogP contribution < -0.4 is 5.32 Å². The van der Waals surface area contributed by atoms with E-state index in [0.717, 1.165) is 17.0 Å². The molecule has 2 amide bonds. The standard InChI is InChI=1S/C20H21N5O2S/c1-20(2,24-18(26)15-6-4-10-28-15)19(27)25-9-7-14-16(23-12-22-14)17(25)13-5-3-8-21-11-13/h3-6,8,10-12,17H,7,9H2,1-2H3,(H,22,23)(H,24,26). The molecule has 1 atom stereocenters. The molecule has 1 aliphatic heterocycles. The molecule has 3 aromatic heterocycles. The topological polar surface area (TPSA) is 91.0 Å². The number of carbonyl (C=O) groups is 2. The molecule has 0 spiro atoms. The maximum Gasteiger partial charge on any atom is 0.262 e. The van der Waals surface area contributed by atoms with Crippen LogP contribution in [0.1, 0.15) is 46.5 Å². The molecule has 8 heteroatoms. The van der Waals surface area contributed by atoms with Crippen molar-refractivity contribution in [2.75, 3.05) is 6.54 Å². The van der Waals surface area contributed by atoms with Crippen LogP contribution in [0.5, 0.6) is 0 Å². The number of hydrogen-bond donors (Lipinski definition) is 2. The second kappa shape index (κ2) is 7.20. The summed E-state index contributed by atoms with van der Waals surface area (Å²) in [7, 11) is 0. The van der Waals surface area contributed by atoms with Gasteiger partial charge in [-0.2, -0.15) is 0 Å². The summed E-state index contributed by atoms with van der Waals surface area (Å²) in [5, 5.41) is 4.72. The number of H-pyrrole nitrogens is 1. The molecule has 0 aromatic carbocycles. The Labute approximate surface area is 166 Å². The molecule has 1 aliphatic rings. The minimum absolute atomic E-state index is 0.153. The van der Waals surface area contributed by atoms with E-state index in [4.69, 9.17) is 0 Å². The summed E-state index contributed by atoms with van der Waals surface area (Å²) in [5.41, 5.74) is 1.69. The number of aromatic amines is 1. The van der Waals surface area contributed by atoms with Gasteiger partial charge in [-0.3, -0.25) is 14.6 Å².